The molecule has 10 aromatic rings. The Morgan fingerprint density at radius 2 is 1.15 bits per heavy atom. The van der Waals surface area contributed by atoms with Crippen LogP contribution in [-0.2, 0) is 16.2 Å². The van der Waals surface area contributed by atoms with Crippen LogP contribution in [-0.4, -0.2) is 11.3 Å². The topological polar surface area (TPSA) is 24.6 Å². The third-order valence-electron chi connectivity index (χ3n) is 15.0. The molecule has 0 unspecified atom stereocenters. The molecule has 4 nitrogen and oxygen atoms in total. The molecule has 8 aromatic carbocycles. The molecule has 0 amide bonds. The fourth-order valence-electron chi connectivity index (χ4n) is 11.9. The third-order valence-corrected chi connectivity index (χ3v) is 15.0. The summed E-state index contributed by atoms with van der Waals surface area (Å²) in [5.74, 6) is 0. The van der Waals surface area contributed by atoms with Gasteiger partial charge in [0.05, 0.1) is 0 Å². The van der Waals surface area contributed by atoms with Crippen molar-refractivity contribution < 1.29 is 4.42 Å². The van der Waals surface area contributed by atoms with Crippen molar-refractivity contribution in [2.24, 2.45) is 0 Å². The zero-order chi connectivity index (χ0) is 45.0. The van der Waals surface area contributed by atoms with Gasteiger partial charge in [-0.1, -0.05) is 165 Å². The van der Waals surface area contributed by atoms with Crippen LogP contribution >= 0.6 is 0 Å². The third kappa shape index (κ3) is 5.34. The van der Waals surface area contributed by atoms with E-state index in [2.05, 4.69) is 240 Å². The summed E-state index contributed by atoms with van der Waals surface area (Å²) < 4.78 is 9.77. The molecule has 0 saturated heterocycles. The number of para-hydroxylation sites is 3. The Morgan fingerprint density at radius 1 is 0.545 bits per heavy atom. The summed E-state index contributed by atoms with van der Waals surface area (Å²) >= 11 is 0. The summed E-state index contributed by atoms with van der Waals surface area (Å²) in [6, 6.07) is 63.7. The molecule has 320 valence electrons. The highest BCUT2D eigenvalue weighted by molar-refractivity contribution is 6.90. The first kappa shape index (κ1) is 39.2. The maximum absolute atomic E-state index is 7.05. The average molecular weight is 854 g/mol. The largest absolute Gasteiger partial charge is 0.455 e. The second-order valence-corrected chi connectivity index (χ2v) is 21.4. The highest BCUT2D eigenvalue weighted by Crippen LogP contribution is 2.57. The van der Waals surface area contributed by atoms with E-state index in [9.17, 15) is 0 Å². The SMILES string of the molecule is CC(C)(C)c1ccc(N(c2ccc(C(C)(C)C)cc2)c2ccc3c(c2)N(c2ccccc2)c2cc4c(oc5ccccc54)c4c2B3n2c3c(c5cccc-4c52)C(C)(C)c2ccccc2-3)cc1. The lowest BCUT2D eigenvalue weighted by molar-refractivity contribution is 0.590. The van der Waals surface area contributed by atoms with Crippen molar-refractivity contribution in [2.75, 3.05) is 9.80 Å². The van der Waals surface area contributed by atoms with Crippen LogP contribution in [0, 0.1) is 0 Å². The van der Waals surface area contributed by atoms with E-state index in [-0.39, 0.29) is 23.1 Å². The first-order chi connectivity index (χ1) is 31.8. The average Bonchev–Trinajstić information content (AvgIpc) is 3.94. The minimum absolute atomic E-state index is 0.0378. The Bertz CT molecular complexity index is 3580. The number of anilines is 6. The Morgan fingerprint density at radius 3 is 1.85 bits per heavy atom. The minimum atomic E-state index is -0.189. The number of rotatable bonds is 4. The van der Waals surface area contributed by atoms with Crippen molar-refractivity contribution in [3.63, 3.8) is 0 Å². The van der Waals surface area contributed by atoms with E-state index in [1.54, 1.807) is 0 Å². The van der Waals surface area contributed by atoms with Gasteiger partial charge in [-0.3, -0.25) is 0 Å². The number of furan rings is 1. The van der Waals surface area contributed by atoms with Crippen LogP contribution in [0.4, 0.5) is 34.1 Å². The van der Waals surface area contributed by atoms with Gasteiger partial charge in [0.1, 0.15) is 11.2 Å². The quantitative estimate of drug-likeness (QED) is 0.165. The second kappa shape index (κ2) is 13.4. The van der Waals surface area contributed by atoms with E-state index >= 15 is 0 Å². The van der Waals surface area contributed by atoms with Gasteiger partial charge in [-0.2, -0.15) is 0 Å². The lowest BCUT2D eigenvalue weighted by Gasteiger charge is -2.41. The molecule has 0 atom stereocenters. The second-order valence-electron chi connectivity index (χ2n) is 21.4. The first-order valence-electron chi connectivity index (χ1n) is 23.6. The first-order valence-corrected chi connectivity index (χ1v) is 23.6. The number of benzene rings is 8. The molecular weight excluding hydrogens is 802 g/mol. The van der Waals surface area contributed by atoms with E-state index in [1.165, 1.54) is 72.2 Å². The molecule has 0 bridgehead atoms. The predicted molar refractivity (Wildman–Crippen MR) is 279 cm³/mol. The molecule has 0 spiro atoms. The summed E-state index contributed by atoms with van der Waals surface area (Å²) in [5.41, 5.74) is 22.9. The van der Waals surface area contributed by atoms with Crippen LogP contribution in [0.1, 0.15) is 77.6 Å². The van der Waals surface area contributed by atoms with Crippen molar-refractivity contribution in [3.05, 3.63) is 192 Å². The summed E-state index contributed by atoms with van der Waals surface area (Å²) in [7, 11) is 0. The molecule has 0 fully saturated rings. The molecule has 2 aromatic heterocycles. The van der Waals surface area contributed by atoms with Crippen molar-refractivity contribution in [1.29, 1.82) is 0 Å². The van der Waals surface area contributed by atoms with E-state index in [0.29, 0.717) is 0 Å². The van der Waals surface area contributed by atoms with Gasteiger partial charge in [0.2, 0.25) is 0 Å². The summed E-state index contributed by atoms with van der Waals surface area (Å²) in [6.07, 6.45) is 0. The zero-order valence-corrected chi connectivity index (χ0v) is 39.0. The number of hydrogen-bond acceptors (Lipinski definition) is 3. The molecule has 13 rings (SSSR count). The maximum atomic E-state index is 7.05. The Labute approximate surface area is 387 Å². The molecule has 0 N–H and O–H groups in total. The summed E-state index contributed by atoms with van der Waals surface area (Å²) in [6.45, 7) is 18.4. The van der Waals surface area contributed by atoms with Crippen LogP contribution < -0.4 is 20.7 Å². The predicted octanol–water partition coefficient (Wildman–Crippen LogP) is 15.3. The van der Waals surface area contributed by atoms with Gasteiger partial charge < -0.3 is 18.7 Å². The lowest BCUT2D eigenvalue weighted by atomic mass is 9.45. The number of aromatic nitrogens is 1. The van der Waals surface area contributed by atoms with Gasteiger partial charge in [0, 0.05) is 83.6 Å². The van der Waals surface area contributed by atoms with Gasteiger partial charge in [0.15, 0.2) is 0 Å². The number of fused-ring (bicyclic) bond motifs is 13. The van der Waals surface area contributed by atoms with Crippen LogP contribution in [0.2, 0.25) is 0 Å². The summed E-state index contributed by atoms with van der Waals surface area (Å²) in [5, 5.41) is 3.58. The van der Waals surface area contributed by atoms with Crippen LogP contribution in [0.3, 0.4) is 0 Å². The Kier molecular flexibility index (Phi) is 7.96. The van der Waals surface area contributed by atoms with E-state index in [4.69, 9.17) is 4.42 Å². The van der Waals surface area contributed by atoms with Crippen LogP contribution in [0.15, 0.2) is 174 Å². The van der Waals surface area contributed by atoms with Crippen molar-refractivity contribution in [2.45, 2.75) is 71.6 Å². The number of hydrogen-bond donors (Lipinski definition) is 0. The highest BCUT2D eigenvalue weighted by Gasteiger charge is 2.49. The molecular formula is C61H52BN3O. The molecule has 66 heavy (non-hydrogen) atoms. The number of nitrogens with zero attached hydrogens (tertiary/aromatic N) is 3. The van der Waals surface area contributed by atoms with Crippen molar-refractivity contribution in [1.82, 2.24) is 4.48 Å². The van der Waals surface area contributed by atoms with E-state index < -0.39 is 0 Å². The minimum Gasteiger partial charge on any atom is -0.455 e. The zero-order valence-electron chi connectivity index (χ0n) is 39.0. The molecule has 1 aliphatic carbocycles. The fourth-order valence-corrected chi connectivity index (χ4v) is 11.9. The molecule has 0 saturated carbocycles. The van der Waals surface area contributed by atoms with E-state index in [1.807, 2.05) is 0 Å². The monoisotopic (exact) mass is 853 g/mol. The lowest BCUT2D eigenvalue weighted by Crippen LogP contribution is -2.57. The van der Waals surface area contributed by atoms with Crippen LogP contribution in [0.5, 0.6) is 0 Å². The van der Waals surface area contributed by atoms with Crippen LogP contribution in [0.25, 0.3) is 55.2 Å². The molecule has 0 radical (unpaired) electrons. The Balaban J connectivity index is 1.14. The molecule has 3 aliphatic rings. The fraction of sp³-hybridized carbons (Fsp3) is 0.180. The molecule has 4 heterocycles. The highest BCUT2D eigenvalue weighted by atomic mass is 16.3. The van der Waals surface area contributed by atoms with Crippen molar-refractivity contribution in [3.8, 4) is 22.4 Å². The maximum Gasteiger partial charge on any atom is 0.333 e. The van der Waals surface area contributed by atoms with Gasteiger partial charge in [-0.25, -0.2) is 0 Å². The molecule has 2 aliphatic heterocycles. The van der Waals surface area contributed by atoms with Gasteiger partial charge >= 0.3 is 6.85 Å². The summed E-state index contributed by atoms with van der Waals surface area (Å²) in [4.78, 5) is 4.97. The normalized spacial score (nSPS) is 14.4. The van der Waals surface area contributed by atoms with Crippen molar-refractivity contribution >= 4 is 84.7 Å². The van der Waals surface area contributed by atoms with Gasteiger partial charge in [0.25, 0.3) is 0 Å². The van der Waals surface area contributed by atoms with E-state index in [0.717, 1.165) is 50.4 Å². The Hall–Kier alpha value is -7.24. The smallest absolute Gasteiger partial charge is 0.333 e. The van der Waals surface area contributed by atoms with Gasteiger partial charge in [-0.05, 0) is 105 Å². The molecule has 5 heteroatoms. The standard InChI is InChI=1S/C61H52BN3O/c1-59(2,3)37-25-29-40(30-26-37)63(41-31-27-38(28-32-41)60(4,5)6)42-33-34-49-50(35-42)64(39-17-10-9-11-18-39)51-36-47-43-19-13-15-24-52(43)66-58(47)53-45-21-16-22-46-54-57(65(56(45)46)62(49)55(51)53)44-20-12-14-23-48(44)61(54,7)8/h9-36H,1-8H3. The van der Waals surface area contributed by atoms with Gasteiger partial charge in [-0.15, -0.1) is 0 Å².